The quantitative estimate of drug-likeness (QED) is 0.142. The van der Waals surface area contributed by atoms with Crippen molar-refractivity contribution in [1.82, 2.24) is 9.13 Å². The monoisotopic (exact) mass is 934 g/mol. The van der Waals surface area contributed by atoms with Gasteiger partial charge in [0.25, 0.3) is 6.71 Å². The van der Waals surface area contributed by atoms with Crippen molar-refractivity contribution in [3.8, 4) is 34.4 Å². The number of hydrogen-bond donors (Lipinski definition) is 0. The molecule has 6 nitrogen and oxygen atoms in total. The van der Waals surface area contributed by atoms with Crippen LogP contribution in [-0.2, 0) is 0 Å². The molecule has 0 bridgehead atoms. The van der Waals surface area contributed by atoms with Gasteiger partial charge in [0.1, 0.15) is 23.0 Å². The molecule has 2 aromatic heterocycles. The first-order valence-corrected chi connectivity index (χ1v) is 24.9. The van der Waals surface area contributed by atoms with E-state index >= 15 is 0 Å². The lowest BCUT2D eigenvalue weighted by molar-refractivity contribution is 0.465. The van der Waals surface area contributed by atoms with Crippen LogP contribution in [0.15, 0.2) is 261 Å². The lowest BCUT2D eigenvalue weighted by Gasteiger charge is -2.33. The fourth-order valence-electron chi connectivity index (χ4n) is 11.6. The summed E-state index contributed by atoms with van der Waals surface area (Å²) in [6, 6.07) is 93.1. The molecule has 2 aliphatic heterocycles. The van der Waals surface area contributed by atoms with Crippen molar-refractivity contribution >= 4 is 101 Å². The highest BCUT2D eigenvalue weighted by molar-refractivity contribution is 6.98. The molecule has 0 saturated carbocycles. The highest BCUT2D eigenvalue weighted by Gasteiger charge is 2.41. The summed E-state index contributed by atoms with van der Waals surface area (Å²) in [7, 11) is 0. The number of anilines is 6. The summed E-state index contributed by atoms with van der Waals surface area (Å²) in [6.07, 6.45) is 0. The van der Waals surface area contributed by atoms with E-state index in [1.54, 1.807) is 0 Å². The average molecular weight is 935 g/mol. The largest absolute Gasteiger partial charge is 0.458 e. The van der Waals surface area contributed by atoms with E-state index in [1.807, 2.05) is 6.07 Å². The number of para-hydroxylation sites is 6. The van der Waals surface area contributed by atoms with Crippen molar-refractivity contribution in [3.63, 3.8) is 0 Å². The Morgan fingerprint density at radius 1 is 0.274 bits per heavy atom. The summed E-state index contributed by atoms with van der Waals surface area (Å²) in [5.74, 6) is 3.29. The maximum Gasteiger partial charge on any atom is 0.260 e. The Kier molecular flexibility index (Phi) is 9.26. The van der Waals surface area contributed by atoms with Crippen molar-refractivity contribution < 1.29 is 9.47 Å². The molecule has 0 atom stereocenters. The van der Waals surface area contributed by atoms with Crippen LogP contribution in [-0.4, -0.2) is 15.8 Å². The minimum Gasteiger partial charge on any atom is -0.458 e. The van der Waals surface area contributed by atoms with E-state index in [4.69, 9.17) is 9.47 Å². The molecule has 15 rings (SSSR count). The smallest absolute Gasteiger partial charge is 0.260 e. The highest BCUT2D eigenvalue weighted by atomic mass is 16.5. The van der Waals surface area contributed by atoms with Crippen LogP contribution in [0.5, 0.6) is 23.0 Å². The van der Waals surface area contributed by atoms with Gasteiger partial charge in [-0.1, -0.05) is 140 Å². The third-order valence-electron chi connectivity index (χ3n) is 14.7. The third-order valence-corrected chi connectivity index (χ3v) is 14.7. The van der Waals surface area contributed by atoms with E-state index in [1.165, 1.54) is 0 Å². The second-order valence-corrected chi connectivity index (χ2v) is 18.9. The summed E-state index contributed by atoms with van der Waals surface area (Å²) in [4.78, 5) is 4.66. The van der Waals surface area contributed by atoms with Gasteiger partial charge >= 0.3 is 0 Å². The Bertz CT molecular complexity index is 3910. The number of rotatable bonds is 8. The Labute approximate surface area is 422 Å². The molecule has 7 heteroatoms. The lowest BCUT2D eigenvalue weighted by Crippen LogP contribution is -2.57. The van der Waals surface area contributed by atoms with Gasteiger partial charge in [0.05, 0.1) is 22.1 Å². The molecule has 73 heavy (non-hydrogen) atoms. The predicted octanol–water partition coefficient (Wildman–Crippen LogP) is 15.5. The zero-order valence-corrected chi connectivity index (χ0v) is 39.5. The summed E-state index contributed by atoms with van der Waals surface area (Å²) in [6.45, 7) is -0.158. The molecular weight excluding hydrogens is 892 g/mol. The molecule has 13 aromatic rings. The number of benzene rings is 11. The Morgan fingerprint density at radius 3 is 0.986 bits per heavy atom. The van der Waals surface area contributed by atoms with Crippen molar-refractivity contribution in [2.24, 2.45) is 0 Å². The van der Waals surface area contributed by atoms with Gasteiger partial charge in [0.15, 0.2) is 0 Å². The highest BCUT2D eigenvalue weighted by Crippen LogP contribution is 2.45. The molecule has 11 aromatic carbocycles. The zero-order chi connectivity index (χ0) is 48.0. The first-order valence-electron chi connectivity index (χ1n) is 24.9. The van der Waals surface area contributed by atoms with Crippen LogP contribution in [0.4, 0.5) is 34.1 Å². The Morgan fingerprint density at radius 2 is 0.616 bits per heavy atom. The molecule has 0 spiro atoms. The molecule has 4 heterocycles. The molecule has 0 N–H and O–H groups in total. The zero-order valence-electron chi connectivity index (χ0n) is 39.5. The van der Waals surface area contributed by atoms with Crippen LogP contribution in [0.2, 0.25) is 0 Å². The molecule has 0 amide bonds. The minimum atomic E-state index is -0.158. The fraction of sp³-hybridized carbons (Fsp3) is 0. The van der Waals surface area contributed by atoms with Crippen LogP contribution in [0.3, 0.4) is 0 Å². The SMILES string of the molecule is c1ccc(N(c2ccccc2)c2ccc3c4cc5c(cc4n(-c4ccccc4)c3c2)Oc2cccc3c2B5c2cc4c5ccc(N(c6ccccc6)c6ccccc6)cc5n(-c5ccccc5)c4cc2O3)cc1. The van der Waals surface area contributed by atoms with Gasteiger partial charge in [-0.05, 0) is 120 Å². The maximum absolute atomic E-state index is 7.03. The van der Waals surface area contributed by atoms with E-state index < -0.39 is 0 Å². The normalized spacial score (nSPS) is 12.3. The number of nitrogens with zero attached hydrogens (tertiary/aromatic N) is 4. The lowest BCUT2D eigenvalue weighted by atomic mass is 9.34. The molecule has 0 fully saturated rings. The minimum absolute atomic E-state index is 0.158. The van der Waals surface area contributed by atoms with Gasteiger partial charge in [-0.25, -0.2) is 0 Å². The molecular formula is C66H43BN4O2. The number of aromatic nitrogens is 2. The van der Waals surface area contributed by atoms with E-state index in [9.17, 15) is 0 Å². The second-order valence-electron chi connectivity index (χ2n) is 18.9. The maximum atomic E-state index is 7.03. The van der Waals surface area contributed by atoms with E-state index in [0.717, 1.165) is 128 Å². The van der Waals surface area contributed by atoms with Crippen molar-refractivity contribution in [3.05, 3.63) is 261 Å². The average Bonchev–Trinajstić information content (AvgIpc) is 3.94. The molecule has 0 saturated heterocycles. The number of ether oxygens (including phenoxy) is 2. The van der Waals surface area contributed by atoms with Gasteiger partial charge in [0.2, 0.25) is 0 Å². The standard InChI is InChI=1S/C66H43BN4O2/c1-7-20-44(21-8-1)68(45-22-9-2-10-23-45)50-34-36-52-54-40-56-64(42-60(54)70(58(52)38-50)48-28-15-5-16-29-48)72-62-32-19-33-63-66(62)67(56)57-41-55-53-37-35-51(69(46-24-11-3-12-25-46)47-26-13-4-14-27-47)39-59(53)71(49-30-17-6-18-31-49)61(55)43-65(57)73-63/h1-43H. The van der Waals surface area contributed by atoms with E-state index in [0.29, 0.717) is 0 Å². The van der Waals surface area contributed by atoms with Gasteiger partial charge in [-0.2, -0.15) is 0 Å². The number of fused-ring (bicyclic) bond motifs is 10. The van der Waals surface area contributed by atoms with Crippen molar-refractivity contribution in [2.75, 3.05) is 9.80 Å². The van der Waals surface area contributed by atoms with Crippen LogP contribution < -0.4 is 35.7 Å². The van der Waals surface area contributed by atoms with Crippen LogP contribution >= 0.6 is 0 Å². The first-order chi connectivity index (χ1) is 36.2. The van der Waals surface area contributed by atoms with Crippen LogP contribution in [0, 0.1) is 0 Å². The van der Waals surface area contributed by atoms with E-state index in [-0.39, 0.29) is 6.71 Å². The van der Waals surface area contributed by atoms with Gasteiger partial charge in [0, 0.05) is 84.6 Å². The summed E-state index contributed by atoms with van der Waals surface area (Å²) in [5.41, 5.74) is 16.3. The third kappa shape index (κ3) is 6.52. The van der Waals surface area contributed by atoms with Crippen molar-refractivity contribution in [2.45, 2.75) is 0 Å². The molecule has 0 aliphatic carbocycles. The van der Waals surface area contributed by atoms with Gasteiger partial charge < -0.3 is 28.4 Å². The fourth-order valence-corrected chi connectivity index (χ4v) is 11.6. The topological polar surface area (TPSA) is 34.8 Å². The van der Waals surface area contributed by atoms with Gasteiger partial charge in [-0.15, -0.1) is 0 Å². The molecule has 2 aliphatic rings. The second kappa shape index (κ2) is 16.4. The predicted molar refractivity (Wildman–Crippen MR) is 302 cm³/mol. The molecule has 0 unspecified atom stereocenters. The van der Waals surface area contributed by atoms with E-state index in [2.05, 4.69) is 274 Å². The molecule has 342 valence electrons. The van der Waals surface area contributed by atoms with Crippen LogP contribution in [0.1, 0.15) is 0 Å². The summed E-state index contributed by atoms with van der Waals surface area (Å²) < 4.78 is 18.8. The summed E-state index contributed by atoms with van der Waals surface area (Å²) in [5, 5.41) is 4.64. The Hall–Kier alpha value is -9.72. The van der Waals surface area contributed by atoms with Gasteiger partial charge in [-0.3, -0.25) is 0 Å². The first kappa shape index (κ1) is 41.1. The Balaban J connectivity index is 0.953. The number of hydrogen-bond acceptors (Lipinski definition) is 4. The molecule has 0 radical (unpaired) electrons. The summed E-state index contributed by atoms with van der Waals surface area (Å²) >= 11 is 0. The van der Waals surface area contributed by atoms with Crippen molar-refractivity contribution in [1.29, 1.82) is 0 Å². The van der Waals surface area contributed by atoms with Crippen LogP contribution in [0.25, 0.3) is 55.0 Å².